The highest BCUT2D eigenvalue weighted by atomic mass is 19.3. The van der Waals surface area contributed by atoms with E-state index in [2.05, 4.69) is 10.1 Å². The minimum atomic E-state index is -2.82. The number of carbonyl (C=O) groups is 1. The van der Waals surface area contributed by atoms with Gasteiger partial charge in [-0.3, -0.25) is 4.79 Å². The third kappa shape index (κ3) is 3.96. The van der Waals surface area contributed by atoms with Gasteiger partial charge in [-0.05, 0) is 80.0 Å². The van der Waals surface area contributed by atoms with Gasteiger partial charge in [0.05, 0.1) is 6.04 Å². The van der Waals surface area contributed by atoms with Gasteiger partial charge in [-0.15, -0.1) is 0 Å². The van der Waals surface area contributed by atoms with Crippen molar-refractivity contribution in [2.45, 2.75) is 70.1 Å². The molecule has 0 heterocycles. The summed E-state index contributed by atoms with van der Waals surface area (Å²) in [5.41, 5.74) is 8.37. The van der Waals surface area contributed by atoms with Crippen molar-refractivity contribution in [2.24, 2.45) is 23.5 Å². The maximum atomic E-state index is 13.0. The summed E-state index contributed by atoms with van der Waals surface area (Å²) in [7, 11) is 0. The van der Waals surface area contributed by atoms with Crippen molar-refractivity contribution in [3.63, 3.8) is 0 Å². The number of hydrogen-bond donors (Lipinski definition) is 2. The summed E-state index contributed by atoms with van der Waals surface area (Å²) in [6.07, 6.45) is 7.93. The van der Waals surface area contributed by atoms with E-state index in [0.717, 1.165) is 56.1 Å². The van der Waals surface area contributed by atoms with Crippen LogP contribution >= 0.6 is 0 Å². The molecule has 3 N–H and O–H groups in total. The molecule has 27 heavy (non-hydrogen) atoms. The molecular weight excluding hydrogens is 350 g/mol. The van der Waals surface area contributed by atoms with E-state index in [1.54, 1.807) is 12.1 Å². The quantitative estimate of drug-likeness (QED) is 0.834. The zero-order valence-corrected chi connectivity index (χ0v) is 15.5. The monoisotopic (exact) mass is 378 g/mol. The summed E-state index contributed by atoms with van der Waals surface area (Å²) in [6.45, 7) is -2.82. The Kier molecular flexibility index (Phi) is 5.35. The number of ether oxygens (including phenoxy) is 1. The van der Waals surface area contributed by atoms with Gasteiger partial charge >= 0.3 is 6.61 Å². The van der Waals surface area contributed by atoms with Crippen LogP contribution in [0.2, 0.25) is 0 Å². The highest BCUT2D eigenvalue weighted by molar-refractivity contribution is 5.79. The Morgan fingerprint density at radius 1 is 1.15 bits per heavy atom. The van der Waals surface area contributed by atoms with E-state index < -0.39 is 6.61 Å². The standard InChI is InChI=1S/C21H28F2N2O2/c22-21(23)27-16-7-8-17-12(11-16)3-2-6-18(17)25-20(26)15-9-13-4-1-5-14(10-15)19(13)24/h7-8,11,13-15,18-19,21H,1-6,9-10,24H2,(H,25,26). The van der Waals surface area contributed by atoms with Crippen molar-refractivity contribution >= 4 is 5.91 Å². The van der Waals surface area contributed by atoms with Crippen LogP contribution in [-0.2, 0) is 11.2 Å². The maximum Gasteiger partial charge on any atom is 0.387 e. The number of benzene rings is 1. The van der Waals surface area contributed by atoms with E-state index >= 15 is 0 Å². The Labute approximate surface area is 158 Å². The van der Waals surface area contributed by atoms with Crippen molar-refractivity contribution in [2.75, 3.05) is 0 Å². The summed E-state index contributed by atoms with van der Waals surface area (Å²) in [6, 6.07) is 5.29. The number of amides is 1. The summed E-state index contributed by atoms with van der Waals surface area (Å²) in [5, 5.41) is 3.24. The van der Waals surface area contributed by atoms with E-state index in [4.69, 9.17) is 5.73 Å². The number of carbonyl (C=O) groups excluding carboxylic acids is 1. The second-order valence-corrected chi connectivity index (χ2v) is 8.39. The Bertz CT molecular complexity index is 683. The van der Waals surface area contributed by atoms with Crippen molar-refractivity contribution in [3.05, 3.63) is 29.3 Å². The van der Waals surface area contributed by atoms with E-state index in [0.29, 0.717) is 11.8 Å². The van der Waals surface area contributed by atoms with Gasteiger partial charge in [-0.1, -0.05) is 12.5 Å². The number of rotatable bonds is 4. The first-order chi connectivity index (χ1) is 13.0. The lowest BCUT2D eigenvalue weighted by atomic mass is 9.65. The smallest absolute Gasteiger partial charge is 0.387 e. The molecule has 0 saturated heterocycles. The summed E-state index contributed by atoms with van der Waals surface area (Å²) >= 11 is 0. The number of halogens is 2. The molecule has 0 radical (unpaired) electrons. The van der Waals surface area contributed by atoms with E-state index in [1.807, 2.05) is 6.07 Å². The minimum absolute atomic E-state index is 0.0442. The van der Waals surface area contributed by atoms with Crippen LogP contribution in [-0.4, -0.2) is 18.6 Å². The molecule has 3 aliphatic carbocycles. The van der Waals surface area contributed by atoms with Gasteiger partial charge in [0.25, 0.3) is 0 Å². The van der Waals surface area contributed by atoms with Gasteiger partial charge in [0, 0.05) is 12.0 Å². The zero-order valence-electron chi connectivity index (χ0n) is 15.5. The molecule has 1 amide bonds. The number of fused-ring (bicyclic) bond motifs is 3. The first-order valence-corrected chi connectivity index (χ1v) is 10.1. The lowest BCUT2D eigenvalue weighted by Gasteiger charge is -2.44. The zero-order chi connectivity index (χ0) is 19.0. The average Bonchev–Trinajstić information content (AvgIpc) is 2.61. The highest BCUT2D eigenvalue weighted by Gasteiger charge is 2.41. The highest BCUT2D eigenvalue weighted by Crippen LogP contribution is 2.42. The van der Waals surface area contributed by atoms with Crippen LogP contribution in [0.4, 0.5) is 8.78 Å². The second kappa shape index (κ2) is 7.74. The molecule has 0 aromatic heterocycles. The fraction of sp³-hybridized carbons (Fsp3) is 0.667. The van der Waals surface area contributed by atoms with Gasteiger partial charge in [-0.25, -0.2) is 0 Å². The van der Waals surface area contributed by atoms with Gasteiger partial charge in [-0.2, -0.15) is 8.78 Å². The molecule has 4 rings (SSSR count). The van der Waals surface area contributed by atoms with Crippen LogP contribution in [0.5, 0.6) is 5.75 Å². The summed E-state index contributed by atoms with van der Waals surface area (Å²) in [4.78, 5) is 13.0. The second-order valence-electron chi connectivity index (χ2n) is 8.39. The minimum Gasteiger partial charge on any atom is -0.435 e. The summed E-state index contributed by atoms with van der Waals surface area (Å²) < 4.78 is 29.4. The Morgan fingerprint density at radius 3 is 2.59 bits per heavy atom. The van der Waals surface area contributed by atoms with Gasteiger partial charge in [0.15, 0.2) is 0 Å². The number of hydrogen-bond acceptors (Lipinski definition) is 3. The first kappa shape index (κ1) is 18.7. The van der Waals surface area contributed by atoms with Crippen LogP contribution in [0.15, 0.2) is 18.2 Å². The molecule has 2 saturated carbocycles. The lowest BCUT2D eigenvalue weighted by Crippen LogP contribution is -2.49. The molecule has 3 atom stereocenters. The van der Waals surface area contributed by atoms with Gasteiger partial charge < -0.3 is 15.8 Å². The molecule has 4 nitrogen and oxygen atoms in total. The number of alkyl halides is 2. The molecule has 2 bridgehead atoms. The third-order valence-electron chi connectivity index (χ3n) is 6.75. The first-order valence-electron chi connectivity index (χ1n) is 10.1. The fourth-order valence-corrected chi connectivity index (χ4v) is 5.41. The molecule has 2 fully saturated rings. The SMILES string of the molecule is NC1C2CCCC1CC(C(=O)NC1CCCc3cc(OC(F)F)ccc31)C2. The largest absolute Gasteiger partial charge is 0.435 e. The number of nitrogens with one attached hydrogen (secondary N) is 1. The van der Waals surface area contributed by atoms with E-state index in [9.17, 15) is 13.6 Å². The molecule has 6 heteroatoms. The fourth-order valence-electron chi connectivity index (χ4n) is 5.41. The maximum absolute atomic E-state index is 13.0. The predicted molar refractivity (Wildman–Crippen MR) is 98.4 cm³/mol. The topological polar surface area (TPSA) is 64.4 Å². The Morgan fingerprint density at radius 2 is 1.89 bits per heavy atom. The molecule has 148 valence electrons. The van der Waals surface area contributed by atoms with Crippen LogP contribution in [0, 0.1) is 17.8 Å². The normalized spacial score (nSPS) is 32.7. The van der Waals surface area contributed by atoms with Crippen LogP contribution in [0.25, 0.3) is 0 Å². The van der Waals surface area contributed by atoms with Crippen molar-refractivity contribution in [3.8, 4) is 5.75 Å². The third-order valence-corrected chi connectivity index (χ3v) is 6.75. The average molecular weight is 378 g/mol. The van der Waals surface area contributed by atoms with Crippen LogP contribution < -0.4 is 15.8 Å². The van der Waals surface area contributed by atoms with Crippen LogP contribution in [0.1, 0.15) is 62.1 Å². The molecule has 3 aliphatic rings. The van der Waals surface area contributed by atoms with E-state index in [1.165, 1.54) is 6.42 Å². The van der Waals surface area contributed by atoms with Gasteiger partial charge in [0.2, 0.25) is 5.91 Å². The molecule has 0 spiro atoms. The number of nitrogens with two attached hydrogens (primary N) is 1. The Hall–Kier alpha value is -1.69. The van der Waals surface area contributed by atoms with Crippen molar-refractivity contribution in [1.29, 1.82) is 0 Å². The predicted octanol–water partition coefficient (Wildman–Crippen LogP) is 3.94. The molecule has 0 aliphatic heterocycles. The Balaban J connectivity index is 1.44. The van der Waals surface area contributed by atoms with Crippen molar-refractivity contribution in [1.82, 2.24) is 5.32 Å². The van der Waals surface area contributed by atoms with E-state index in [-0.39, 0.29) is 29.7 Å². The lowest BCUT2D eigenvalue weighted by molar-refractivity contribution is -0.128. The van der Waals surface area contributed by atoms with Crippen LogP contribution in [0.3, 0.4) is 0 Å². The number of aryl methyl sites for hydroxylation is 1. The molecule has 1 aromatic rings. The molecular formula is C21H28F2N2O2. The van der Waals surface area contributed by atoms with Gasteiger partial charge in [0.1, 0.15) is 5.75 Å². The summed E-state index contributed by atoms with van der Waals surface area (Å²) in [5.74, 6) is 1.31. The molecule has 3 unspecified atom stereocenters. The van der Waals surface area contributed by atoms with Crippen molar-refractivity contribution < 1.29 is 18.3 Å². The molecule has 1 aromatic carbocycles.